The topological polar surface area (TPSA) is 61.2 Å². The third kappa shape index (κ3) is 1.54. The van der Waals surface area contributed by atoms with E-state index >= 15 is 0 Å². The maximum Gasteiger partial charge on any atom is 0.419 e. The van der Waals surface area contributed by atoms with Gasteiger partial charge in [0.2, 0.25) is 0 Å². The molecule has 0 aliphatic heterocycles. The Morgan fingerprint density at radius 3 is 2.86 bits per heavy atom. The number of hydrogen-bond acceptors (Lipinski definition) is 3. The Labute approximate surface area is 86.7 Å². The number of aryl methyl sites for hydroxylation is 1. The van der Waals surface area contributed by atoms with E-state index in [0.717, 1.165) is 11.1 Å². The predicted octanol–water partition coefficient (Wildman–Crippen LogP) is 1.01. The smallest absolute Gasteiger partial charge is 0.408 e. The first-order chi connectivity index (χ1) is 6.22. The molecule has 1 aromatic heterocycles. The number of benzene rings is 1. The number of hydrogen-bond donors (Lipinski definition) is 1. The predicted molar refractivity (Wildman–Crippen MR) is 56.6 cm³/mol. The van der Waals surface area contributed by atoms with Crippen molar-refractivity contribution in [2.45, 2.75) is 6.54 Å². The SMILES string of the molecule is Cl.Cn1c(=O)oc2cc(CN)ccc21. The van der Waals surface area contributed by atoms with Crippen molar-refractivity contribution < 1.29 is 4.42 Å². The van der Waals surface area contributed by atoms with Crippen LogP contribution < -0.4 is 11.5 Å². The first-order valence-electron chi connectivity index (χ1n) is 4.01. The highest BCUT2D eigenvalue weighted by molar-refractivity contribution is 5.85. The third-order valence-corrected chi connectivity index (χ3v) is 2.09. The van der Waals surface area contributed by atoms with Crippen LogP contribution in [0.1, 0.15) is 5.56 Å². The Kier molecular flexibility index (Phi) is 2.98. The van der Waals surface area contributed by atoms with Gasteiger partial charge >= 0.3 is 5.76 Å². The average molecular weight is 215 g/mol. The summed E-state index contributed by atoms with van der Waals surface area (Å²) in [6.45, 7) is 0.453. The monoisotopic (exact) mass is 214 g/mol. The van der Waals surface area contributed by atoms with E-state index < -0.39 is 0 Å². The lowest BCUT2D eigenvalue weighted by Gasteiger charge is -1.95. The van der Waals surface area contributed by atoms with Crippen LogP contribution in [0.5, 0.6) is 0 Å². The maximum absolute atomic E-state index is 11.1. The average Bonchev–Trinajstić information content (AvgIpc) is 2.42. The van der Waals surface area contributed by atoms with E-state index in [9.17, 15) is 4.79 Å². The van der Waals surface area contributed by atoms with Gasteiger partial charge < -0.3 is 10.2 Å². The zero-order valence-electron chi connectivity index (χ0n) is 7.69. The molecule has 4 nitrogen and oxygen atoms in total. The molecule has 0 amide bonds. The largest absolute Gasteiger partial charge is 0.419 e. The van der Waals surface area contributed by atoms with Crippen molar-refractivity contribution in [1.82, 2.24) is 4.57 Å². The summed E-state index contributed by atoms with van der Waals surface area (Å²) in [4.78, 5) is 11.1. The van der Waals surface area contributed by atoms with E-state index in [2.05, 4.69) is 0 Å². The number of aromatic nitrogens is 1. The molecule has 0 spiro atoms. The summed E-state index contributed by atoms with van der Waals surface area (Å²) >= 11 is 0. The summed E-state index contributed by atoms with van der Waals surface area (Å²) in [5, 5.41) is 0. The van der Waals surface area contributed by atoms with Gasteiger partial charge in [-0.05, 0) is 17.7 Å². The Bertz CT molecular complexity index is 501. The van der Waals surface area contributed by atoms with Gasteiger partial charge in [-0.25, -0.2) is 4.79 Å². The molecule has 2 N–H and O–H groups in total. The zero-order valence-corrected chi connectivity index (χ0v) is 8.50. The van der Waals surface area contributed by atoms with Crippen molar-refractivity contribution in [3.8, 4) is 0 Å². The van der Waals surface area contributed by atoms with E-state index in [0.29, 0.717) is 12.1 Å². The molecule has 5 heteroatoms. The van der Waals surface area contributed by atoms with Gasteiger partial charge in [0.25, 0.3) is 0 Å². The van der Waals surface area contributed by atoms with Crippen LogP contribution in [0.2, 0.25) is 0 Å². The highest BCUT2D eigenvalue weighted by atomic mass is 35.5. The van der Waals surface area contributed by atoms with Crippen LogP contribution in [0.3, 0.4) is 0 Å². The fraction of sp³-hybridized carbons (Fsp3) is 0.222. The van der Waals surface area contributed by atoms with Crippen LogP contribution in [0.15, 0.2) is 27.4 Å². The number of fused-ring (bicyclic) bond motifs is 1. The first kappa shape index (κ1) is 10.8. The summed E-state index contributed by atoms with van der Waals surface area (Å²) in [6.07, 6.45) is 0. The number of rotatable bonds is 1. The first-order valence-corrected chi connectivity index (χ1v) is 4.01. The normalized spacial score (nSPS) is 10.1. The number of oxazole rings is 1. The van der Waals surface area contributed by atoms with Crippen LogP contribution in [0.4, 0.5) is 0 Å². The van der Waals surface area contributed by atoms with Gasteiger partial charge in [-0.3, -0.25) is 4.57 Å². The molecule has 0 radical (unpaired) electrons. The maximum atomic E-state index is 11.1. The molecule has 2 aromatic rings. The zero-order chi connectivity index (χ0) is 9.42. The molecule has 14 heavy (non-hydrogen) atoms. The van der Waals surface area contributed by atoms with Gasteiger partial charge in [-0.2, -0.15) is 0 Å². The quantitative estimate of drug-likeness (QED) is 0.771. The molecule has 0 unspecified atom stereocenters. The fourth-order valence-corrected chi connectivity index (χ4v) is 1.31. The molecule has 0 saturated heterocycles. The Balaban J connectivity index is 0.000000980. The van der Waals surface area contributed by atoms with Crippen LogP contribution in [0, 0.1) is 0 Å². The minimum absolute atomic E-state index is 0. The van der Waals surface area contributed by atoms with Crippen molar-refractivity contribution in [2.75, 3.05) is 0 Å². The van der Waals surface area contributed by atoms with E-state index in [4.69, 9.17) is 10.2 Å². The number of nitrogens with zero attached hydrogens (tertiary/aromatic N) is 1. The molecule has 0 bridgehead atoms. The molecule has 1 aromatic carbocycles. The van der Waals surface area contributed by atoms with Gasteiger partial charge in [0.1, 0.15) is 0 Å². The van der Waals surface area contributed by atoms with Crippen LogP contribution in [-0.2, 0) is 13.6 Å². The summed E-state index contributed by atoms with van der Waals surface area (Å²) < 4.78 is 6.46. The number of nitrogens with two attached hydrogens (primary N) is 1. The lowest BCUT2D eigenvalue weighted by Crippen LogP contribution is -2.08. The highest BCUT2D eigenvalue weighted by Crippen LogP contribution is 2.13. The summed E-state index contributed by atoms with van der Waals surface area (Å²) in [7, 11) is 1.68. The molecule has 2 rings (SSSR count). The molecular formula is C9H11ClN2O2. The van der Waals surface area contributed by atoms with Crippen molar-refractivity contribution in [1.29, 1.82) is 0 Å². The van der Waals surface area contributed by atoms with E-state index in [-0.39, 0.29) is 18.2 Å². The fourth-order valence-electron chi connectivity index (χ4n) is 1.31. The standard InChI is InChI=1S/C9H10N2O2.ClH/c1-11-7-3-2-6(5-10)4-8(7)13-9(11)12;/h2-4H,5,10H2,1H3;1H. The highest BCUT2D eigenvalue weighted by Gasteiger charge is 2.04. The van der Waals surface area contributed by atoms with Crippen molar-refractivity contribution in [3.05, 3.63) is 34.3 Å². The molecule has 0 saturated carbocycles. The second-order valence-corrected chi connectivity index (χ2v) is 2.93. The lowest BCUT2D eigenvalue weighted by atomic mass is 10.2. The summed E-state index contributed by atoms with van der Waals surface area (Å²) in [5.74, 6) is -0.343. The second kappa shape index (κ2) is 3.86. The van der Waals surface area contributed by atoms with Gasteiger partial charge in [-0.1, -0.05) is 6.07 Å². The van der Waals surface area contributed by atoms with Gasteiger partial charge in [0.05, 0.1) is 5.52 Å². The van der Waals surface area contributed by atoms with E-state index in [1.165, 1.54) is 4.57 Å². The Morgan fingerprint density at radius 2 is 2.21 bits per heavy atom. The van der Waals surface area contributed by atoms with Crippen LogP contribution in [-0.4, -0.2) is 4.57 Å². The van der Waals surface area contributed by atoms with Crippen molar-refractivity contribution in [3.63, 3.8) is 0 Å². The van der Waals surface area contributed by atoms with Crippen molar-refractivity contribution in [2.24, 2.45) is 12.8 Å². The number of halogens is 1. The summed E-state index contributed by atoms with van der Waals surface area (Å²) in [6, 6.07) is 5.51. The molecule has 0 aliphatic carbocycles. The molecular weight excluding hydrogens is 204 g/mol. The molecule has 0 atom stereocenters. The Hall–Kier alpha value is -1.26. The molecule has 1 heterocycles. The van der Waals surface area contributed by atoms with Gasteiger partial charge in [0, 0.05) is 13.6 Å². The van der Waals surface area contributed by atoms with Crippen LogP contribution in [0.25, 0.3) is 11.1 Å². The van der Waals surface area contributed by atoms with Crippen LogP contribution >= 0.6 is 12.4 Å². The molecule has 0 aliphatic rings. The van der Waals surface area contributed by atoms with E-state index in [1.54, 1.807) is 13.1 Å². The Morgan fingerprint density at radius 1 is 1.50 bits per heavy atom. The minimum atomic E-state index is -0.343. The molecule has 0 fully saturated rings. The second-order valence-electron chi connectivity index (χ2n) is 2.93. The third-order valence-electron chi connectivity index (χ3n) is 2.09. The van der Waals surface area contributed by atoms with Gasteiger partial charge in [-0.15, -0.1) is 12.4 Å². The molecule has 76 valence electrons. The van der Waals surface area contributed by atoms with Gasteiger partial charge in [0.15, 0.2) is 5.58 Å². The summed E-state index contributed by atoms with van der Waals surface area (Å²) in [5.41, 5.74) is 7.81. The van der Waals surface area contributed by atoms with Crippen molar-refractivity contribution >= 4 is 23.5 Å². The lowest BCUT2D eigenvalue weighted by molar-refractivity contribution is 0.528. The minimum Gasteiger partial charge on any atom is -0.408 e. The van der Waals surface area contributed by atoms with E-state index in [1.807, 2.05) is 12.1 Å².